The van der Waals surface area contributed by atoms with Crippen LogP contribution in [0.2, 0.25) is 0 Å². The maximum absolute atomic E-state index is 8.70. The SMILES string of the molecule is CC(C)=NO.O=[P+](O)O. The van der Waals surface area contributed by atoms with Gasteiger partial charge in [0.05, 0.1) is 5.71 Å². The van der Waals surface area contributed by atoms with Gasteiger partial charge in [-0.1, -0.05) is 5.16 Å². The van der Waals surface area contributed by atoms with Crippen molar-refractivity contribution in [2.45, 2.75) is 13.8 Å². The van der Waals surface area contributed by atoms with Crippen LogP contribution in [0.4, 0.5) is 0 Å². The minimum absolute atomic E-state index is 0.685. The van der Waals surface area contributed by atoms with E-state index < -0.39 is 8.25 Å². The van der Waals surface area contributed by atoms with E-state index in [1.165, 1.54) is 0 Å². The van der Waals surface area contributed by atoms with Gasteiger partial charge >= 0.3 is 8.25 Å². The van der Waals surface area contributed by atoms with Crippen molar-refractivity contribution in [3.8, 4) is 0 Å². The third-order valence-corrected chi connectivity index (χ3v) is 0.200. The van der Waals surface area contributed by atoms with Crippen LogP contribution in [0.5, 0.6) is 0 Å². The molecule has 0 saturated carbocycles. The van der Waals surface area contributed by atoms with Gasteiger partial charge < -0.3 is 5.21 Å². The summed E-state index contributed by atoms with van der Waals surface area (Å²) in [5.74, 6) is 0. The first kappa shape index (κ1) is 11.3. The van der Waals surface area contributed by atoms with Crippen LogP contribution in [0.15, 0.2) is 5.16 Å². The zero-order valence-corrected chi connectivity index (χ0v) is 6.04. The standard InChI is InChI=1S/C3H7NO.HO3P/c1-3(2)4-5;1-4(2)3/h5H,1-2H3;(H-,1,2,3)/p+1. The molecule has 0 unspecified atom stereocenters. The second-order valence-corrected chi connectivity index (χ2v) is 1.81. The summed E-state index contributed by atoms with van der Waals surface area (Å²) in [5.41, 5.74) is 0.685. The maximum atomic E-state index is 8.70. The van der Waals surface area contributed by atoms with Crippen LogP contribution in [0.1, 0.15) is 13.8 Å². The zero-order chi connectivity index (χ0) is 7.86. The Morgan fingerprint density at radius 3 is 1.56 bits per heavy atom. The molecule has 0 rings (SSSR count). The molecule has 0 aliphatic carbocycles. The predicted molar refractivity (Wildman–Crippen MR) is 32.6 cm³/mol. The average Bonchev–Trinajstić information content (AvgIpc) is 1.65. The van der Waals surface area contributed by atoms with Crippen molar-refractivity contribution in [3.05, 3.63) is 0 Å². The molecule has 0 fully saturated rings. The van der Waals surface area contributed by atoms with E-state index >= 15 is 0 Å². The summed E-state index contributed by atoms with van der Waals surface area (Å²) < 4.78 is 8.70. The molecule has 0 aromatic rings. The molecule has 0 saturated heterocycles. The first-order valence-corrected chi connectivity index (χ1v) is 3.17. The lowest BCUT2D eigenvalue weighted by molar-refractivity contribution is 0.318. The molecule has 0 aromatic heterocycles. The first-order valence-electron chi connectivity index (χ1n) is 2.01. The molecule has 0 aliphatic heterocycles. The van der Waals surface area contributed by atoms with Crippen molar-refractivity contribution in [2.24, 2.45) is 5.16 Å². The fourth-order valence-corrected chi connectivity index (χ4v) is 0. The summed E-state index contributed by atoms with van der Waals surface area (Å²) in [6, 6.07) is 0. The van der Waals surface area contributed by atoms with E-state index in [2.05, 4.69) is 5.16 Å². The Kier molecular flexibility index (Phi) is 9.41. The predicted octanol–water partition coefficient (Wildman–Crippen LogP) is 0.485. The number of oxime groups is 1. The molecule has 0 bridgehead atoms. The van der Waals surface area contributed by atoms with Gasteiger partial charge in [0.2, 0.25) is 0 Å². The van der Waals surface area contributed by atoms with Gasteiger partial charge in [0.15, 0.2) is 0 Å². The van der Waals surface area contributed by atoms with E-state index in [1.807, 2.05) is 0 Å². The second kappa shape index (κ2) is 7.49. The minimum atomic E-state index is -2.87. The van der Waals surface area contributed by atoms with E-state index in [-0.39, 0.29) is 0 Å². The first-order chi connectivity index (χ1) is 4.00. The highest BCUT2D eigenvalue weighted by Gasteiger charge is 1.93. The Bertz CT molecular complexity index is 104. The molecule has 0 atom stereocenters. The fourth-order valence-electron chi connectivity index (χ4n) is 0. The van der Waals surface area contributed by atoms with Crippen LogP contribution in [0, 0.1) is 0 Å². The lowest BCUT2D eigenvalue weighted by atomic mass is 10.5. The van der Waals surface area contributed by atoms with Crippen molar-refractivity contribution in [1.82, 2.24) is 0 Å². The Morgan fingerprint density at radius 1 is 1.44 bits per heavy atom. The second-order valence-electron chi connectivity index (χ2n) is 1.30. The van der Waals surface area contributed by atoms with Crippen LogP contribution in [0.3, 0.4) is 0 Å². The van der Waals surface area contributed by atoms with Gasteiger partial charge in [0.1, 0.15) is 0 Å². The molecule has 0 heterocycles. The molecule has 54 valence electrons. The number of hydrogen-bond donors (Lipinski definition) is 3. The molecule has 0 spiro atoms. The van der Waals surface area contributed by atoms with Gasteiger partial charge in [-0.2, -0.15) is 0 Å². The molecule has 9 heavy (non-hydrogen) atoms. The molecular weight excluding hydrogens is 145 g/mol. The van der Waals surface area contributed by atoms with Crippen molar-refractivity contribution in [3.63, 3.8) is 0 Å². The summed E-state index contributed by atoms with van der Waals surface area (Å²) >= 11 is 0. The Morgan fingerprint density at radius 2 is 1.56 bits per heavy atom. The van der Waals surface area contributed by atoms with Crippen LogP contribution in [0.25, 0.3) is 0 Å². The number of rotatable bonds is 0. The Hall–Kier alpha value is -0.510. The van der Waals surface area contributed by atoms with E-state index in [4.69, 9.17) is 19.6 Å². The molecule has 0 amide bonds. The van der Waals surface area contributed by atoms with Gasteiger partial charge in [-0.25, -0.2) is 0 Å². The monoisotopic (exact) mass is 154 g/mol. The van der Waals surface area contributed by atoms with Gasteiger partial charge in [0, 0.05) is 4.57 Å². The molecule has 6 heteroatoms. The quantitative estimate of drug-likeness (QED) is 0.205. The maximum Gasteiger partial charge on any atom is 0.692 e. The Labute approximate surface area is 53.6 Å². The van der Waals surface area contributed by atoms with Gasteiger partial charge in [-0.3, -0.25) is 0 Å². The number of hydrogen-bond acceptors (Lipinski definition) is 3. The Balaban J connectivity index is 0. The highest BCUT2D eigenvalue weighted by Crippen LogP contribution is 1.98. The zero-order valence-electron chi connectivity index (χ0n) is 5.14. The largest absolute Gasteiger partial charge is 0.692 e. The average molecular weight is 154 g/mol. The number of nitrogens with zero attached hydrogens (tertiary/aromatic N) is 1. The lowest BCUT2D eigenvalue weighted by Crippen LogP contribution is -1.74. The third-order valence-electron chi connectivity index (χ3n) is 0.200. The van der Waals surface area contributed by atoms with Gasteiger partial charge in [-0.05, 0) is 13.8 Å². The van der Waals surface area contributed by atoms with Crippen molar-refractivity contribution in [2.75, 3.05) is 0 Å². The van der Waals surface area contributed by atoms with Gasteiger partial charge in [-0.15, -0.1) is 9.79 Å². The summed E-state index contributed by atoms with van der Waals surface area (Å²) in [5, 5.41) is 10.5. The topological polar surface area (TPSA) is 90.1 Å². The van der Waals surface area contributed by atoms with E-state index in [9.17, 15) is 0 Å². The highest BCUT2D eigenvalue weighted by molar-refractivity contribution is 7.30. The summed E-state index contributed by atoms with van der Waals surface area (Å²) in [6.07, 6.45) is 0. The fraction of sp³-hybridized carbons (Fsp3) is 0.667. The van der Waals surface area contributed by atoms with Crippen molar-refractivity contribution < 1.29 is 19.6 Å². The van der Waals surface area contributed by atoms with Crippen molar-refractivity contribution >= 4 is 14.0 Å². The summed E-state index contributed by atoms with van der Waals surface area (Å²) in [4.78, 5) is 14.2. The smallest absolute Gasteiger partial charge is 0.411 e. The van der Waals surface area contributed by atoms with Crippen LogP contribution >= 0.6 is 8.25 Å². The van der Waals surface area contributed by atoms with Crippen LogP contribution in [-0.4, -0.2) is 20.7 Å². The molecule has 0 aromatic carbocycles. The summed E-state index contributed by atoms with van der Waals surface area (Å²) in [7, 11) is -2.87. The normalized spacial score (nSPS) is 6.67. The van der Waals surface area contributed by atoms with E-state index in [0.29, 0.717) is 5.71 Å². The molecule has 3 N–H and O–H groups in total. The van der Waals surface area contributed by atoms with E-state index in [1.54, 1.807) is 13.8 Å². The van der Waals surface area contributed by atoms with Crippen LogP contribution < -0.4 is 0 Å². The molecular formula is C3H9NO4P+. The molecule has 0 aliphatic rings. The lowest BCUT2D eigenvalue weighted by Gasteiger charge is -1.72. The third kappa shape index (κ3) is 102. The van der Waals surface area contributed by atoms with E-state index in [0.717, 1.165) is 0 Å². The summed E-state index contributed by atoms with van der Waals surface area (Å²) in [6.45, 7) is 3.44. The molecule has 5 nitrogen and oxygen atoms in total. The minimum Gasteiger partial charge on any atom is -0.411 e. The van der Waals surface area contributed by atoms with Crippen LogP contribution in [-0.2, 0) is 4.57 Å². The van der Waals surface area contributed by atoms with Gasteiger partial charge in [0.25, 0.3) is 0 Å². The van der Waals surface area contributed by atoms with Crippen molar-refractivity contribution in [1.29, 1.82) is 0 Å². The molecule has 0 radical (unpaired) electrons. The highest BCUT2D eigenvalue weighted by atomic mass is 31.1.